The standard InChI is InChI=1S/C20H12O6/c21-11-5-1-3-8-13(11)18(24)9-7-20(26)10-4-2-6-12(22)15(10)19(25)16(20)14(9)17(8)23/h1-6,9,21-22,26H,7H2/t9-,20-/m0/s1. The highest BCUT2D eigenvalue weighted by atomic mass is 16.3. The van der Waals surface area contributed by atoms with Gasteiger partial charge < -0.3 is 15.3 Å². The van der Waals surface area contributed by atoms with E-state index >= 15 is 0 Å². The van der Waals surface area contributed by atoms with Crippen LogP contribution in [0.3, 0.4) is 0 Å². The van der Waals surface area contributed by atoms with Gasteiger partial charge in [-0.25, -0.2) is 0 Å². The van der Waals surface area contributed by atoms with E-state index in [0.29, 0.717) is 0 Å². The topological polar surface area (TPSA) is 112 Å². The second kappa shape index (κ2) is 4.47. The molecule has 6 nitrogen and oxygen atoms in total. The summed E-state index contributed by atoms with van der Waals surface area (Å²) in [6, 6.07) is 8.54. The molecule has 0 heterocycles. The summed E-state index contributed by atoms with van der Waals surface area (Å²) in [5.74, 6) is -3.24. The summed E-state index contributed by atoms with van der Waals surface area (Å²) in [5, 5.41) is 31.3. The van der Waals surface area contributed by atoms with Crippen molar-refractivity contribution in [3.8, 4) is 11.5 Å². The van der Waals surface area contributed by atoms with E-state index in [1.54, 1.807) is 0 Å². The van der Waals surface area contributed by atoms with Gasteiger partial charge in [0.2, 0.25) is 0 Å². The van der Waals surface area contributed by atoms with Crippen molar-refractivity contribution < 1.29 is 29.7 Å². The van der Waals surface area contributed by atoms with E-state index in [1.165, 1.54) is 36.4 Å². The summed E-state index contributed by atoms with van der Waals surface area (Å²) < 4.78 is 0. The molecule has 3 aliphatic carbocycles. The van der Waals surface area contributed by atoms with Crippen LogP contribution in [-0.2, 0) is 5.60 Å². The minimum absolute atomic E-state index is 0.0194. The molecule has 5 rings (SSSR count). The highest BCUT2D eigenvalue weighted by Gasteiger charge is 2.60. The van der Waals surface area contributed by atoms with Crippen molar-refractivity contribution in [3.05, 3.63) is 69.8 Å². The molecule has 0 radical (unpaired) electrons. The monoisotopic (exact) mass is 348 g/mol. The van der Waals surface area contributed by atoms with Crippen LogP contribution in [0.5, 0.6) is 11.5 Å². The van der Waals surface area contributed by atoms with Crippen molar-refractivity contribution in [2.24, 2.45) is 5.92 Å². The van der Waals surface area contributed by atoms with Crippen LogP contribution < -0.4 is 0 Å². The number of phenols is 2. The summed E-state index contributed by atoms with van der Waals surface area (Å²) in [6.07, 6.45) is -0.168. The minimum Gasteiger partial charge on any atom is -0.507 e. The van der Waals surface area contributed by atoms with E-state index in [0.717, 1.165) is 0 Å². The van der Waals surface area contributed by atoms with Gasteiger partial charge in [-0.1, -0.05) is 24.3 Å². The number of hydrogen-bond acceptors (Lipinski definition) is 6. The molecule has 128 valence electrons. The molecule has 6 heteroatoms. The van der Waals surface area contributed by atoms with Crippen LogP contribution in [0.15, 0.2) is 47.5 Å². The van der Waals surface area contributed by atoms with Crippen molar-refractivity contribution in [1.29, 1.82) is 0 Å². The van der Waals surface area contributed by atoms with Gasteiger partial charge in [0, 0.05) is 22.3 Å². The molecule has 3 aliphatic rings. The first-order chi connectivity index (χ1) is 12.4. The molecule has 2 aromatic carbocycles. The third-order valence-electron chi connectivity index (χ3n) is 5.57. The predicted octanol–water partition coefficient (Wildman–Crippen LogP) is 1.88. The third-order valence-corrected chi connectivity index (χ3v) is 5.57. The minimum atomic E-state index is -1.80. The molecule has 0 fully saturated rings. The second-order valence-electron chi connectivity index (χ2n) is 6.83. The molecule has 0 amide bonds. The lowest BCUT2D eigenvalue weighted by Gasteiger charge is -2.24. The average molecular weight is 348 g/mol. The molecule has 3 N–H and O–H groups in total. The van der Waals surface area contributed by atoms with Crippen LogP contribution in [0.4, 0.5) is 0 Å². The first kappa shape index (κ1) is 15.0. The van der Waals surface area contributed by atoms with E-state index in [-0.39, 0.29) is 51.3 Å². The molecule has 0 aromatic heterocycles. The first-order valence-corrected chi connectivity index (χ1v) is 8.11. The number of Topliss-reactive ketones (excluding diaryl/α,β-unsaturated/α-hetero) is 3. The summed E-state index contributed by atoms with van der Waals surface area (Å²) in [7, 11) is 0. The molecular formula is C20H12O6. The van der Waals surface area contributed by atoms with Crippen molar-refractivity contribution in [2.45, 2.75) is 12.0 Å². The number of phenolic OH excluding ortho intramolecular Hbond substituents is 2. The van der Waals surface area contributed by atoms with E-state index < -0.39 is 28.9 Å². The quantitative estimate of drug-likeness (QED) is 0.670. The van der Waals surface area contributed by atoms with Gasteiger partial charge in [-0.15, -0.1) is 0 Å². The Bertz CT molecular complexity index is 1110. The molecule has 0 saturated carbocycles. The molecule has 0 bridgehead atoms. The van der Waals surface area contributed by atoms with Gasteiger partial charge in [-0.3, -0.25) is 14.4 Å². The van der Waals surface area contributed by atoms with Crippen molar-refractivity contribution >= 4 is 17.3 Å². The number of aliphatic hydroxyl groups is 1. The van der Waals surface area contributed by atoms with Crippen LogP contribution in [0.2, 0.25) is 0 Å². The molecule has 26 heavy (non-hydrogen) atoms. The Morgan fingerprint density at radius 2 is 1.54 bits per heavy atom. The number of hydrogen-bond donors (Lipinski definition) is 3. The third kappa shape index (κ3) is 1.49. The molecule has 0 saturated heterocycles. The molecule has 0 unspecified atom stereocenters. The lowest BCUT2D eigenvalue weighted by atomic mass is 9.77. The van der Waals surface area contributed by atoms with Gasteiger partial charge in [0.15, 0.2) is 17.3 Å². The van der Waals surface area contributed by atoms with E-state index in [9.17, 15) is 29.7 Å². The van der Waals surface area contributed by atoms with Gasteiger partial charge in [0.05, 0.1) is 17.0 Å². The zero-order valence-electron chi connectivity index (χ0n) is 13.3. The Hall–Kier alpha value is -3.25. The Balaban J connectivity index is 1.83. The average Bonchev–Trinajstić information content (AvgIpc) is 3.03. The highest BCUT2D eigenvalue weighted by Crippen LogP contribution is 2.57. The fourth-order valence-corrected chi connectivity index (χ4v) is 4.50. The zero-order chi connectivity index (χ0) is 18.4. The summed E-state index contributed by atoms with van der Waals surface area (Å²) in [6.45, 7) is 0. The lowest BCUT2D eigenvalue weighted by molar-refractivity contribution is 0.0622. The lowest BCUT2D eigenvalue weighted by Crippen LogP contribution is -2.29. The van der Waals surface area contributed by atoms with Crippen LogP contribution in [0.25, 0.3) is 0 Å². The number of ketones is 3. The molecule has 0 spiro atoms. The number of carbonyl (C=O) groups is 3. The largest absolute Gasteiger partial charge is 0.507 e. The SMILES string of the molecule is O=C1C2=C3C(=O)c4c(O)cccc4[C@@]3(O)C[C@@H]2C(=O)c2c(O)cccc21. The maximum atomic E-state index is 13.0. The molecule has 2 atom stereocenters. The Labute approximate surface area is 147 Å². The fourth-order valence-electron chi connectivity index (χ4n) is 4.50. The van der Waals surface area contributed by atoms with Gasteiger partial charge >= 0.3 is 0 Å². The maximum absolute atomic E-state index is 13.0. The normalized spacial score (nSPS) is 25.9. The number of allylic oxidation sites excluding steroid dienone is 1. The number of carbonyl (C=O) groups excluding carboxylic acids is 3. The fraction of sp³-hybridized carbons (Fsp3) is 0.150. The summed E-state index contributed by atoms with van der Waals surface area (Å²) in [5.41, 5.74) is -1.84. The molecule has 0 aliphatic heterocycles. The predicted molar refractivity (Wildman–Crippen MR) is 88.2 cm³/mol. The van der Waals surface area contributed by atoms with Crippen molar-refractivity contribution in [3.63, 3.8) is 0 Å². The maximum Gasteiger partial charge on any atom is 0.196 e. The summed E-state index contributed by atoms with van der Waals surface area (Å²) >= 11 is 0. The number of benzene rings is 2. The number of aromatic hydroxyl groups is 2. The Kier molecular flexibility index (Phi) is 2.59. The highest BCUT2D eigenvalue weighted by molar-refractivity contribution is 6.30. The van der Waals surface area contributed by atoms with E-state index in [2.05, 4.69) is 0 Å². The molecular weight excluding hydrogens is 336 g/mol. The van der Waals surface area contributed by atoms with Crippen LogP contribution in [0.1, 0.15) is 43.1 Å². The smallest absolute Gasteiger partial charge is 0.196 e. The van der Waals surface area contributed by atoms with Crippen molar-refractivity contribution in [2.75, 3.05) is 0 Å². The van der Waals surface area contributed by atoms with Gasteiger partial charge in [0.25, 0.3) is 0 Å². The van der Waals surface area contributed by atoms with Crippen LogP contribution in [-0.4, -0.2) is 32.7 Å². The summed E-state index contributed by atoms with van der Waals surface area (Å²) in [4.78, 5) is 38.8. The Morgan fingerprint density at radius 1 is 0.885 bits per heavy atom. The Morgan fingerprint density at radius 3 is 2.27 bits per heavy atom. The van der Waals surface area contributed by atoms with Crippen LogP contribution in [0, 0.1) is 5.92 Å². The van der Waals surface area contributed by atoms with Gasteiger partial charge in [0.1, 0.15) is 17.1 Å². The van der Waals surface area contributed by atoms with Crippen LogP contribution >= 0.6 is 0 Å². The zero-order valence-corrected chi connectivity index (χ0v) is 13.3. The van der Waals surface area contributed by atoms with Crippen molar-refractivity contribution in [1.82, 2.24) is 0 Å². The number of fused-ring (bicyclic) bond motifs is 5. The van der Waals surface area contributed by atoms with E-state index in [1.807, 2.05) is 0 Å². The molecule has 2 aromatic rings. The number of rotatable bonds is 0. The van der Waals surface area contributed by atoms with Gasteiger partial charge in [-0.2, -0.15) is 0 Å². The van der Waals surface area contributed by atoms with Gasteiger partial charge in [-0.05, 0) is 18.6 Å². The van der Waals surface area contributed by atoms with E-state index in [4.69, 9.17) is 0 Å². The second-order valence-corrected chi connectivity index (χ2v) is 6.83. The first-order valence-electron chi connectivity index (χ1n) is 8.11.